The van der Waals surface area contributed by atoms with E-state index >= 15 is 0 Å². The van der Waals surface area contributed by atoms with Crippen molar-refractivity contribution in [1.82, 2.24) is 10.6 Å². The van der Waals surface area contributed by atoms with Crippen LogP contribution in [0.4, 0.5) is 0 Å². The van der Waals surface area contributed by atoms with Gasteiger partial charge < -0.3 is 10.6 Å². The molecule has 1 amide bonds. The fourth-order valence-electron chi connectivity index (χ4n) is 0.877. The molecule has 0 atom stereocenters. The molecule has 0 unspecified atom stereocenters. The van der Waals surface area contributed by atoms with Crippen molar-refractivity contribution in [2.45, 2.75) is 39.7 Å². The average molecular weight is 200 g/mol. The van der Waals surface area contributed by atoms with E-state index in [2.05, 4.69) is 10.6 Å². The van der Waals surface area contributed by atoms with E-state index in [4.69, 9.17) is 0 Å². The number of hydrogen-bond acceptors (Lipinski definition) is 3. The minimum absolute atomic E-state index is 0.0531. The van der Waals surface area contributed by atoms with Crippen LogP contribution in [0.5, 0.6) is 0 Å². The van der Waals surface area contributed by atoms with Gasteiger partial charge in [0.15, 0.2) is 0 Å². The van der Waals surface area contributed by atoms with Crippen molar-refractivity contribution in [3.63, 3.8) is 0 Å². The topological polar surface area (TPSA) is 58.2 Å². The average Bonchev–Trinajstić information content (AvgIpc) is 2.14. The number of rotatable bonds is 7. The molecule has 0 saturated heterocycles. The van der Waals surface area contributed by atoms with Gasteiger partial charge in [0.2, 0.25) is 5.91 Å². The van der Waals surface area contributed by atoms with Gasteiger partial charge in [0, 0.05) is 25.4 Å². The van der Waals surface area contributed by atoms with E-state index in [1.54, 1.807) is 0 Å². The first-order valence-electron chi connectivity index (χ1n) is 5.08. The molecule has 2 N–H and O–H groups in total. The number of nitrogens with one attached hydrogen (secondary N) is 2. The van der Waals surface area contributed by atoms with Gasteiger partial charge in [-0.05, 0) is 0 Å². The molecule has 4 nitrogen and oxygen atoms in total. The third-order valence-corrected chi connectivity index (χ3v) is 1.79. The second kappa shape index (κ2) is 7.50. The molecule has 82 valence electrons. The summed E-state index contributed by atoms with van der Waals surface area (Å²) in [5.74, 6) is 0.129. The van der Waals surface area contributed by atoms with Gasteiger partial charge in [-0.15, -0.1) is 0 Å². The van der Waals surface area contributed by atoms with Gasteiger partial charge in [-0.3, -0.25) is 9.59 Å². The Morgan fingerprint density at radius 2 is 1.93 bits per heavy atom. The van der Waals surface area contributed by atoms with Gasteiger partial charge in [0.1, 0.15) is 5.78 Å². The van der Waals surface area contributed by atoms with Crippen molar-refractivity contribution in [2.75, 3.05) is 13.1 Å². The second-order valence-corrected chi connectivity index (χ2v) is 3.53. The van der Waals surface area contributed by atoms with Crippen LogP contribution in [0.2, 0.25) is 0 Å². The van der Waals surface area contributed by atoms with Crippen molar-refractivity contribution in [3.05, 3.63) is 0 Å². The maximum atomic E-state index is 11.1. The van der Waals surface area contributed by atoms with Crippen LogP contribution in [0.3, 0.4) is 0 Å². The summed E-state index contributed by atoms with van der Waals surface area (Å²) in [4.78, 5) is 22.0. The van der Waals surface area contributed by atoms with E-state index in [1.165, 1.54) is 0 Å². The minimum Gasteiger partial charge on any atom is -0.355 e. The summed E-state index contributed by atoms with van der Waals surface area (Å²) in [6.07, 6.45) is 0.976. The standard InChI is InChI=1S/C10H20N2O2/c1-4-9(13)5-6-11-10(14)7-12-8(2)3/h8,12H,4-7H2,1-3H3,(H,11,14). The largest absolute Gasteiger partial charge is 0.355 e. The Morgan fingerprint density at radius 3 is 2.43 bits per heavy atom. The highest BCUT2D eigenvalue weighted by Gasteiger charge is 2.02. The quantitative estimate of drug-likeness (QED) is 0.628. The molecule has 0 radical (unpaired) electrons. The third-order valence-electron chi connectivity index (χ3n) is 1.79. The van der Waals surface area contributed by atoms with Crippen LogP contribution in [0.25, 0.3) is 0 Å². The SMILES string of the molecule is CCC(=O)CCNC(=O)CNC(C)C. The van der Waals surface area contributed by atoms with E-state index < -0.39 is 0 Å². The lowest BCUT2D eigenvalue weighted by atomic mass is 10.2. The van der Waals surface area contributed by atoms with E-state index in [1.807, 2.05) is 20.8 Å². The van der Waals surface area contributed by atoms with Crippen LogP contribution in [0.15, 0.2) is 0 Å². The smallest absolute Gasteiger partial charge is 0.233 e. The maximum absolute atomic E-state index is 11.1. The Morgan fingerprint density at radius 1 is 1.29 bits per heavy atom. The number of carbonyl (C=O) groups is 2. The zero-order valence-electron chi connectivity index (χ0n) is 9.22. The van der Waals surface area contributed by atoms with Gasteiger partial charge >= 0.3 is 0 Å². The molecule has 0 aromatic carbocycles. The van der Waals surface area contributed by atoms with Crippen molar-refractivity contribution >= 4 is 11.7 Å². The van der Waals surface area contributed by atoms with E-state index in [0.29, 0.717) is 32.0 Å². The number of amides is 1. The summed E-state index contributed by atoms with van der Waals surface area (Å²) in [5, 5.41) is 5.68. The van der Waals surface area contributed by atoms with E-state index in [9.17, 15) is 9.59 Å². The lowest BCUT2D eigenvalue weighted by molar-refractivity contribution is -0.121. The minimum atomic E-state index is -0.0531. The number of Topliss-reactive ketones (excluding diaryl/α,β-unsaturated/α-hetero) is 1. The van der Waals surface area contributed by atoms with Crippen LogP contribution < -0.4 is 10.6 Å². The van der Waals surface area contributed by atoms with Crippen LogP contribution in [0, 0.1) is 0 Å². The fourth-order valence-corrected chi connectivity index (χ4v) is 0.877. The zero-order chi connectivity index (χ0) is 11.0. The van der Waals surface area contributed by atoms with Crippen molar-refractivity contribution in [1.29, 1.82) is 0 Å². The summed E-state index contributed by atoms with van der Waals surface area (Å²) in [6.45, 7) is 6.55. The highest BCUT2D eigenvalue weighted by Crippen LogP contribution is 1.86. The van der Waals surface area contributed by atoms with Gasteiger partial charge in [0.25, 0.3) is 0 Å². The van der Waals surface area contributed by atoms with Crippen molar-refractivity contribution < 1.29 is 9.59 Å². The van der Waals surface area contributed by atoms with Crippen LogP contribution in [0.1, 0.15) is 33.6 Å². The molecule has 0 aliphatic rings. The van der Waals surface area contributed by atoms with Crippen LogP contribution >= 0.6 is 0 Å². The predicted octanol–water partition coefficient (Wildman–Crippen LogP) is 0.470. The molecular formula is C10H20N2O2. The van der Waals surface area contributed by atoms with Crippen LogP contribution in [-0.4, -0.2) is 30.8 Å². The number of carbonyl (C=O) groups excluding carboxylic acids is 2. The molecule has 0 heterocycles. The molecule has 0 aromatic rings. The summed E-state index contributed by atoms with van der Waals surface area (Å²) in [6, 6.07) is 0.304. The van der Waals surface area contributed by atoms with Crippen LogP contribution in [-0.2, 0) is 9.59 Å². The van der Waals surface area contributed by atoms with Gasteiger partial charge in [0.05, 0.1) is 6.54 Å². The van der Waals surface area contributed by atoms with E-state index in [-0.39, 0.29) is 11.7 Å². The van der Waals surface area contributed by atoms with Crippen molar-refractivity contribution in [2.24, 2.45) is 0 Å². The molecule has 0 fully saturated rings. The number of hydrogen-bond donors (Lipinski definition) is 2. The predicted molar refractivity (Wildman–Crippen MR) is 56.1 cm³/mol. The lowest BCUT2D eigenvalue weighted by Crippen LogP contribution is -2.37. The normalized spacial score (nSPS) is 10.3. The summed E-state index contributed by atoms with van der Waals surface area (Å²) >= 11 is 0. The molecule has 0 bridgehead atoms. The van der Waals surface area contributed by atoms with Gasteiger partial charge in [-0.25, -0.2) is 0 Å². The second-order valence-electron chi connectivity index (χ2n) is 3.53. The summed E-state index contributed by atoms with van der Waals surface area (Å²) < 4.78 is 0. The monoisotopic (exact) mass is 200 g/mol. The lowest BCUT2D eigenvalue weighted by Gasteiger charge is -2.08. The Bertz CT molecular complexity index is 191. The molecular weight excluding hydrogens is 180 g/mol. The molecule has 0 spiro atoms. The fraction of sp³-hybridized carbons (Fsp3) is 0.800. The summed E-state index contributed by atoms with van der Waals surface area (Å²) in [5.41, 5.74) is 0. The molecule has 0 aromatic heterocycles. The number of ketones is 1. The highest BCUT2D eigenvalue weighted by molar-refractivity contribution is 5.80. The molecule has 0 saturated carbocycles. The Hall–Kier alpha value is -0.900. The van der Waals surface area contributed by atoms with Crippen molar-refractivity contribution in [3.8, 4) is 0 Å². The highest BCUT2D eigenvalue weighted by atomic mass is 16.2. The molecule has 14 heavy (non-hydrogen) atoms. The summed E-state index contributed by atoms with van der Waals surface area (Å²) in [7, 11) is 0. The zero-order valence-corrected chi connectivity index (χ0v) is 9.22. The Balaban J connectivity index is 3.40. The molecule has 4 heteroatoms. The molecule has 0 aliphatic carbocycles. The molecule has 0 aliphatic heterocycles. The Kier molecular flexibility index (Phi) is 7.02. The third kappa shape index (κ3) is 7.73. The first-order valence-corrected chi connectivity index (χ1v) is 5.08. The van der Waals surface area contributed by atoms with E-state index in [0.717, 1.165) is 0 Å². The van der Waals surface area contributed by atoms with Gasteiger partial charge in [-0.1, -0.05) is 20.8 Å². The Labute approximate surface area is 85.4 Å². The first kappa shape index (κ1) is 13.1. The van der Waals surface area contributed by atoms with Gasteiger partial charge in [-0.2, -0.15) is 0 Å². The molecule has 0 rings (SSSR count). The first-order chi connectivity index (χ1) is 6.56. The maximum Gasteiger partial charge on any atom is 0.233 e.